The second-order valence-corrected chi connectivity index (χ2v) is 7.58. The summed E-state index contributed by atoms with van der Waals surface area (Å²) < 4.78 is 0. The number of hydrogen-bond acceptors (Lipinski definition) is 4. The van der Waals surface area contributed by atoms with Gasteiger partial charge >= 0.3 is 0 Å². The molecule has 1 aromatic carbocycles. The maximum atomic E-state index is 12.5. The van der Waals surface area contributed by atoms with Crippen molar-refractivity contribution in [2.24, 2.45) is 5.92 Å². The van der Waals surface area contributed by atoms with Crippen molar-refractivity contribution in [2.75, 3.05) is 46.3 Å². The fourth-order valence-corrected chi connectivity index (χ4v) is 3.79. The number of likely N-dealkylation sites (tertiary alicyclic amines) is 1. The fraction of sp³-hybridized carbons (Fsp3) is 0.650. The van der Waals surface area contributed by atoms with E-state index in [1.54, 1.807) is 0 Å². The van der Waals surface area contributed by atoms with Gasteiger partial charge in [0.15, 0.2) is 0 Å². The van der Waals surface area contributed by atoms with Gasteiger partial charge in [0.25, 0.3) is 0 Å². The van der Waals surface area contributed by atoms with Crippen LogP contribution in [-0.2, 0) is 17.9 Å². The van der Waals surface area contributed by atoms with Crippen molar-refractivity contribution in [3.8, 4) is 0 Å². The summed E-state index contributed by atoms with van der Waals surface area (Å²) in [6, 6.07) is 8.21. The summed E-state index contributed by atoms with van der Waals surface area (Å²) in [5.74, 6) is 0.895. The Morgan fingerprint density at radius 2 is 1.60 bits per heavy atom. The summed E-state index contributed by atoms with van der Waals surface area (Å²) >= 11 is 0. The molecule has 5 nitrogen and oxygen atoms in total. The molecule has 1 amide bonds. The third kappa shape index (κ3) is 5.27. The van der Waals surface area contributed by atoms with Crippen LogP contribution in [-0.4, -0.2) is 72.0 Å². The van der Waals surface area contributed by atoms with Crippen molar-refractivity contribution in [3.05, 3.63) is 35.4 Å². The number of rotatable bonds is 5. The van der Waals surface area contributed by atoms with Gasteiger partial charge < -0.3 is 14.9 Å². The number of carbonyl (C=O) groups excluding carboxylic acids is 1. The predicted molar refractivity (Wildman–Crippen MR) is 99.1 cm³/mol. The number of piperidine rings is 1. The molecule has 0 unspecified atom stereocenters. The minimum absolute atomic E-state index is 0.104. The molecule has 0 spiro atoms. The third-order valence-electron chi connectivity index (χ3n) is 5.64. The van der Waals surface area contributed by atoms with E-state index < -0.39 is 0 Å². The van der Waals surface area contributed by atoms with Gasteiger partial charge in [-0.3, -0.25) is 9.69 Å². The molecule has 1 aromatic rings. The molecule has 138 valence electrons. The molecule has 2 fully saturated rings. The number of carbonyl (C=O) groups is 1. The van der Waals surface area contributed by atoms with Gasteiger partial charge in [0, 0.05) is 39.1 Å². The minimum atomic E-state index is 0.104. The number of likely N-dealkylation sites (N-methyl/N-ethyl adjacent to an activating group) is 1. The zero-order valence-corrected chi connectivity index (χ0v) is 15.4. The lowest BCUT2D eigenvalue weighted by atomic mass is 9.92. The Kier molecular flexibility index (Phi) is 6.45. The molecule has 0 atom stereocenters. The Balaban J connectivity index is 1.40. The van der Waals surface area contributed by atoms with Gasteiger partial charge in [0.1, 0.15) is 0 Å². The molecular formula is C20H31N3O2. The molecule has 0 radical (unpaired) electrons. The van der Waals surface area contributed by atoms with Gasteiger partial charge in [-0.15, -0.1) is 0 Å². The van der Waals surface area contributed by atoms with E-state index in [-0.39, 0.29) is 6.61 Å². The van der Waals surface area contributed by atoms with Crippen LogP contribution in [0.3, 0.4) is 0 Å². The molecule has 2 saturated heterocycles. The quantitative estimate of drug-likeness (QED) is 0.880. The van der Waals surface area contributed by atoms with Crippen LogP contribution < -0.4 is 0 Å². The highest BCUT2D eigenvalue weighted by Crippen LogP contribution is 2.23. The molecule has 2 aliphatic heterocycles. The first kappa shape index (κ1) is 18.4. The Hall–Kier alpha value is -1.43. The van der Waals surface area contributed by atoms with Gasteiger partial charge in [0.05, 0.1) is 6.61 Å². The molecule has 2 heterocycles. The van der Waals surface area contributed by atoms with Gasteiger partial charge in [0.2, 0.25) is 5.91 Å². The van der Waals surface area contributed by atoms with Gasteiger partial charge in [-0.05, 0) is 50.0 Å². The van der Waals surface area contributed by atoms with Crippen LogP contribution in [0.15, 0.2) is 24.3 Å². The molecule has 0 bridgehead atoms. The Morgan fingerprint density at radius 3 is 2.20 bits per heavy atom. The summed E-state index contributed by atoms with van der Waals surface area (Å²) in [5, 5.41) is 9.11. The van der Waals surface area contributed by atoms with E-state index in [9.17, 15) is 4.79 Å². The first-order valence-electron chi connectivity index (χ1n) is 9.51. The largest absolute Gasteiger partial charge is 0.392 e. The highest BCUT2D eigenvalue weighted by Gasteiger charge is 2.25. The molecule has 3 rings (SSSR count). The van der Waals surface area contributed by atoms with Crippen LogP contribution in [0, 0.1) is 5.92 Å². The average Bonchev–Trinajstić information content (AvgIpc) is 2.64. The SMILES string of the molecule is CN1CCN(C(=O)CC2CCN(Cc3ccc(CO)cc3)CC2)CC1. The minimum Gasteiger partial charge on any atom is -0.392 e. The maximum absolute atomic E-state index is 12.5. The number of amides is 1. The number of aliphatic hydroxyl groups excluding tert-OH is 1. The molecule has 0 saturated carbocycles. The van der Waals surface area contributed by atoms with Crippen LogP contribution in [0.2, 0.25) is 0 Å². The lowest BCUT2D eigenvalue weighted by Crippen LogP contribution is -2.47. The van der Waals surface area contributed by atoms with E-state index in [1.807, 2.05) is 12.1 Å². The topological polar surface area (TPSA) is 47.0 Å². The molecule has 0 aliphatic carbocycles. The summed E-state index contributed by atoms with van der Waals surface area (Å²) in [4.78, 5) is 19.3. The highest BCUT2D eigenvalue weighted by atomic mass is 16.3. The Morgan fingerprint density at radius 1 is 1.00 bits per heavy atom. The summed E-state index contributed by atoms with van der Waals surface area (Å²) in [7, 11) is 2.12. The van der Waals surface area contributed by atoms with E-state index in [0.29, 0.717) is 11.8 Å². The fourth-order valence-electron chi connectivity index (χ4n) is 3.79. The summed E-state index contributed by atoms with van der Waals surface area (Å²) in [6.07, 6.45) is 2.96. The van der Waals surface area contributed by atoms with Crippen molar-refractivity contribution in [3.63, 3.8) is 0 Å². The molecule has 5 heteroatoms. The van der Waals surface area contributed by atoms with E-state index in [4.69, 9.17) is 5.11 Å². The van der Waals surface area contributed by atoms with Crippen LogP contribution in [0.5, 0.6) is 0 Å². The van der Waals surface area contributed by atoms with Crippen molar-refractivity contribution in [1.82, 2.24) is 14.7 Å². The summed E-state index contributed by atoms with van der Waals surface area (Å²) in [5.41, 5.74) is 2.26. The monoisotopic (exact) mass is 345 g/mol. The lowest BCUT2D eigenvalue weighted by molar-refractivity contribution is -0.134. The number of piperazine rings is 1. The van der Waals surface area contributed by atoms with E-state index in [1.165, 1.54) is 5.56 Å². The zero-order chi connectivity index (χ0) is 17.6. The average molecular weight is 345 g/mol. The molecule has 1 N–H and O–H groups in total. The first-order chi connectivity index (χ1) is 12.1. The van der Waals surface area contributed by atoms with Crippen molar-refractivity contribution in [1.29, 1.82) is 0 Å². The van der Waals surface area contributed by atoms with Crippen LogP contribution >= 0.6 is 0 Å². The molecule has 2 aliphatic rings. The number of benzene rings is 1. The highest BCUT2D eigenvalue weighted by molar-refractivity contribution is 5.76. The van der Waals surface area contributed by atoms with Crippen molar-refractivity contribution < 1.29 is 9.90 Å². The molecule has 25 heavy (non-hydrogen) atoms. The van der Waals surface area contributed by atoms with Crippen LogP contribution in [0.4, 0.5) is 0 Å². The Bertz CT molecular complexity index is 545. The van der Waals surface area contributed by atoms with Crippen LogP contribution in [0.1, 0.15) is 30.4 Å². The third-order valence-corrected chi connectivity index (χ3v) is 5.64. The van der Waals surface area contributed by atoms with E-state index in [2.05, 4.69) is 33.9 Å². The summed E-state index contributed by atoms with van der Waals surface area (Å²) in [6.45, 7) is 6.98. The van der Waals surface area contributed by atoms with Crippen molar-refractivity contribution in [2.45, 2.75) is 32.4 Å². The number of hydrogen-bond donors (Lipinski definition) is 1. The zero-order valence-electron chi connectivity index (χ0n) is 15.4. The lowest BCUT2D eigenvalue weighted by Gasteiger charge is -2.35. The second-order valence-electron chi connectivity index (χ2n) is 7.58. The number of nitrogens with zero attached hydrogens (tertiary/aromatic N) is 3. The van der Waals surface area contributed by atoms with Crippen LogP contribution in [0.25, 0.3) is 0 Å². The second kappa shape index (κ2) is 8.79. The van der Waals surface area contributed by atoms with E-state index >= 15 is 0 Å². The maximum Gasteiger partial charge on any atom is 0.222 e. The van der Waals surface area contributed by atoms with Gasteiger partial charge in [-0.2, -0.15) is 0 Å². The normalized spacial score (nSPS) is 20.8. The van der Waals surface area contributed by atoms with Gasteiger partial charge in [-0.1, -0.05) is 24.3 Å². The van der Waals surface area contributed by atoms with Gasteiger partial charge in [-0.25, -0.2) is 0 Å². The van der Waals surface area contributed by atoms with Crippen molar-refractivity contribution >= 4 is 5.91 Å². The molecular weight excluding hydrogens is 314 g/mol. The number of aliphatic hydroxyl groups is 1. The first-order valence-corrected chi connectivity index (χ1v) is 9.51. The van der Waals surface area contributed by atoms with E-state index in [0.717, 1.165) is 70.6 Å². The standard InChI is InChI=1S/C20H31N3O2/c1-21-10-12-23(13-11-21)20(25)14-17-6-8-22(9-7-17)15-18-2-4-19(16-24)5-3-18/h2-5,17,24H,6-16H2,1H3. The predicted octanol–water partition coefficient (Wildman–Crippen LogP) is 1.55. The Labute approximate surface area is 151 Å². The molecule has 0 aromatic heterocycles. The smallest absolute Gasteiger partial charge is 0.222 e.